The van der Waals surface area contributed by atoms with Crippen LogP contribution in [0, 0.1) is 5.92 Å². The minimum absolute atomic E-state index is 0.147. The van der Waals surface area contributed by atoms with Crippen molar-refractivity contribution < 1.29 is 14.3 Å². The Balaban J connectivity index is 2.14. The van der Waals surface area contributed by atoms with Crippen LogP contribution in [-0.2, 0) is 14.3 Å². The molecule has 2 unspecified atom stereocenters. The van der Waals surface area contributed by atoms with Gasteiger partial charge in [0.1, 0.15) is 5.78 Å². The Morgan fingerprint density at radius 3 is 2.62 bits per heavy atom. The third kappa shape index (κ3) is 3.03. The molecule has 1 aromatic carbocycles. The van der Waals surface area contributed by atoms with Crippen LogP contribution >= 0.6 is 11.6 Å². The molecule has 1 fully saturated rings. The van der Waals surface area contributed by atoms with Gasteiger partial charge in [-0.3, -0.25) is 9.79 Å². The molecule has 0 aromatic heterocycles. The van der Waals surface area contributed by atoms with E-state index in [0.717, 1.165) is 24.1 Å². The lowest BCUT2D eigenvalue weighted by Crippen LogP contribution is -2.39. The number of carbonyl (C=O) groups excluding carboxylic acids is 2. The molecule has 1 heterocycles. The molecule has 2 atom stereocenters. The number of allylic oxidation sites excluding steroid dienone is 1. The van der Waals surface area contributed by atoms with Crippen molar-refractivity contribution in [3.05, 3.63) is 46.1 Å². The van der Waals surface area contributed by atoms with Gasteiger partial charge >= 0.3 is 5.97 Å². The second-order valence-electron chi connectivity index (χ2n) is 6.15. The van der Waals surface area contributed by atoms with Crippen molar-refractivity contribution in [3.63, 3.8) is 0 Å². The van der Waals surface area contributed by atoms with Crippen LogP contribution in [0.4, 0.5) is 0 Å². The average Bonchev–Trinajstić information content (AvgIpc) is 2.55. The number of Topliss-reactive ketones (excluding diaryl/α,β-unsaturated/α-hetero) is 1. The lowest BCUT2D eigenvalue weighted by molar-refractivity contribution is -0.139. The molecule has 0 radical (unpaired) electrons. The van der Waals surface area contributed by atoms with E-state index in [1.54, 1.807) is 19.1 Å². The fourth-order valence-corrected chi connectivity index (χ4v) is 3.75. The van der Waals surface area contributed by atoms with Crippen molar-refractivity contribution in [2.45, 2.75) is 39.0 Å². The fourth-order valence-electron chi connectivity index (χ4n) is 3.62. The van der Waals surface area contributed by atoms with Gasteiger partial charge in [0, 0.05) is 28.8 Å². The number of ether oxygens (including phenoxy) is 1. The Labute approximate surface area is 146 Å². The number of nitrogens with zero attached hydrogens (tertiary/aromatic N) is 1. The number of benzene rings is 1. The van der Waals surface area contributed by atoms with Crippen LogP contribution < -0.4 is 0 Å². The van der Waals surface area contributed by atoms with Crippen molar-refractivity contribution in [3.8, 4) is 0 Å². The molecule has 1 aromatic rings. The van der Waals surface area contributed by atoms with Gasteiger partial charge in [0.25, 0.3) is 0 Å². The van der Waals surface area contributed by atoms with Crippen LogP contribution in [0.1, 0.15) is 44.6 Å². The zero-order valence-corrected chi connectivity index (χ0v) is 14.6. The standard InChI is InChI=1S/C19H20ClNO3/c1-3-24-19(23)16-11(2)21-14-5-4-6-15(22)18(14)17(16)12-7-9-13(20)10-8-12/h7-10,17-18H,3-6H2,1-2H3. The maximum atomic E-state index is 12.6. The number of aliphatic imine (C=N–C) groups is 1. The molecule has 0 saturated heterocycles. The van der Waals surface area contributed by atoms with Gasteiger partial charge in [0.2, 0.25) is 0 Å². The third-order valence-electron chi connectivity index (χ3n) is 4.63. The van der Waals surface area contributed by atoms with E-state index in [2.05, 4.69) is 4.99 Å². The quantitative estimate of drug-likeness (QED) is 0.775. The molecule has 126 valence electrons. The second kappa shape index (κ2) is 6.89. The van der Waals surface area contributed by atoms with Crippen LogP contribution in [0.3, 0.4) is 0 Å². The van der Waals surface area contributed by atoms with Crippen LogP contribution in [0.25, 0.3) is 0 Å². The molecular formula is C19H20ClNO3. The number of carbonyl (C=O) groups is 2. The van der Waals surface area contributed by atoms with E-state index < -0.39 is 5.97 Å². The summed E-state index contributed by atoms with van der Waals surface area (Å²) < 4.78 is 5.24. The number of hydrogen-bond acceptors (Lipinski definition) is 4. The normalized spacial score (nSPS) is 23.6. The van der Waals surface area contributed by atoms with Crippen LogP contribution in [0.5, 0.6) is 0 Å². The number of ketones is 1. The third-order valence-corrected chi connectivity index (χ3v) is 4.88. The van der Waals surface area contributed by atoms with E-state index in [9.17, 15) is 9.59 Å². The van der Waals surface area contributed by atoms with E-state index in [4.69, 9.17) is 16.3 Å². The fraction of sp³-hybridized carbons (Fsp3) is 0.421. The second-order valence-corrected chi connectivity index (χ2v) is 6.59. The van der Waals surface area contributed by atoms with Gasteiger partial charge in [-0.25, -0.2) is 4.79 Å². The molecule has 0 bridgehead atoms. The number of halogens is 1. The summed E-state index contributed by atoms with van der Waals surface area (Å²) in [6.07, 6.45) is 2.15. The number of rotatable bonds is 3. The van der Waals surface area contributed by atoms with E-state index >= 15 is 0 Å². The zero-order valence-electron chi connectivity index (χ0n) is 13.8. The van der Waals surface area contributed by atoms with E-state index in [-0.39, 0.29) is 24.2 Å². The first-order valence-electron chi connectivity index (χ1n) is 8.26. The summed E-state index contributed by atoms with van der Waals surface area (Å²) in [5, 5.41) is 0.622. The van der Waals surface area contributed by atoms with Crippen LogP contribution in [0.2, 0.25) is 5.02 Å². The maximum Gasteiger partial charge on any atom is 0.336 e. The molecule has 0 amide bonds. The molecule has 4 nitrogen and oxygen atoms in total. The highest BCUT2D eigenvalue weighted by Gasteiger charge is 2.43. The Bertz CT molecular complexity index is 733. The molecule has 3 rings (SSSR count). The smallest absolute Gasteiger partial charge is 0.336 e. The minimum Gasteiger partial charge on any atom is -0.463 e. The summed E-state index contributed by atoms with van der Waals surface area (Å²) in [5.74, 6) is -0.963. The lowest BCUT2D eigenvalue weighted by Gasteiger charge is -2.35. The van der Waals surface area contributed by atoms with Crippen molar-refractivity contribution in [2.75, 3.05) is 6.61 Å². The highest BCUT2D eigenvalue weighted by molar-refractivity contribution is 6.30. The highest BCUT2D eigenvalue weighted by atomic mass is 35.5. The number of fused-ring (bicyclic) bond motifs is 1. The minimum atomic E-state index is -0.392. The molecular weight excluding hydrogens is 326 g/mol. The van der Waals surface area contributed by atoms with Gasteiger partial charge in [-0.15, -0.1) is 0 Å². The van der Waals surface area contributed by atoms with Gasteiger partial charge in [0.15, 0.2) is 0 Å². The summed E-state index contributed by atoms with van der Waals surface area (Å²) in [4.78, 5) is 29.8. The Hall–Kier alpha value is -1.94. The summed E-state index contributed by atoms with van der Waals surface area (Å²) in [6.45, 7) is 3.88. The number of hydrogen-bond donors (Lipinski definition) is 0. The number of esters is 1. The van der Waals surface area contributed by atoms with Crippen LogP contribution in [-0.4, -0.2) is 24.1 Å². The zero-order chi connectivity index (χ0) is 17.3. The van der Waals surface area contributed by atoms with Gasteiger partial charge in [-0.05, 0) is 44.4 Å². The molecule has 2 aliphatic rings. The molecule has 1 aliphatic carbocycles. The first-order valence-corrected chi connectivity index (χ1v) is 8.64. The average molecular weight is 346 g/mol. The van der Waals surface area contributed by atoms with Gasteiger partial charge < -0.3 is 4.74 Å². The predicted octanol–water partition coefficient (Wildman–Crippen LogP) is 4.08. The predicted molar refractivity (Wildman–Crippen MR) is 93.3 cm³/mol. The van der Waals surface area contributed by atoms with E-state index in [1.807, 2.05) is 19.1 Å². The summed E-state index contributed by atoms with van der Waals surface area (Å²) in [6, 6.07) is 7.33. The molecule has 0 N–H and O–H groups in total. The highest BCUT2D eigenvalue weighted by Crippen LogP contribution is 2.43. The van der Waals surface area contributed by atoms with Crippen LogP contribution in [0.15, 0.2) is 40.5 Å². The van der Waals surface area contributed by atoms with E-state index in [1.165, 1.54) is 0 Å². The monoisotopic (exact) mass is 345 g/mol. The summed E-state index contributed by atoms with van der Waals surface area (Å²) in [5.41, 5.74) is 2.92. The van der Waals surface area contributed by atoms with Gasteiger partial charge in [0.05, 0.1) is 18.1 Å². The van der Waals surface area contributed by atoms with Crippen molar-refractivity contribution in [2.24, 2.45) is 10.9 Å². The topological polar surface area (TPSA) is 55.7 Å². The lowest BCUT2D eigenvalue weighted by atomic mass is 9.69. The first-order chi connectivity index (χ1) is 11.5. The maximum absolute atomic E-state index is 12.6. The van der Waals surface area contributed by atoms with Crippen molar-refractivity contribution >= 4 is 29.1 Å². The molecule has 0 spiro atoms. The Morgan fingerprint density at radius 2 is 1.96 bits per heavy atom. The molecule has 1 aliphatic heterocycles. The Morgan fingerprint density at radius 1 is 1.25 bits per heavy atom. The Kier molecular flexibility index (Phi) is 4.86. The largest absolute Gasteiger partial charge is 0.463 e. The summed E-state index contributed by atoms with van der Waals surface area (Å²) in [7, 11) is 0. The van der Waals surface area contributed by atoms with Crippen molar-refractivity contribution in [1.82, 2.24) is 0 Å². The first kappa shape index (κ1) is 16.9. The van der Waals surface area contributed by atoms with Gasteiger partial charge in [-0.1, -0.05) is 23.7 Å². The van der Waals surface area contributed by atoms with Crippen molar-refractivity contribution in [1.29, 1.82) is 0 Å². The molecule has 5 heteroatoms. The van der Waals surface area contributed by atoms with Gasteiger partial charge in [-0.2, -0.15) is 0 Å². The van der Waals surface area contributed by atoms with E-state index in [0.29, 0.717) is 22.7 Å². The SMILES string of the molecule is CCOC(=O)C1=C(C)N=C2CCCC(=O)C2C1c1ccc(Cl)cc1. The summed E-state index contributed by atoms with van der Waals surface area (Å²) >= 11 is 6.00. The molecule has 1 saturated carbocycles. The molecule has 24 heavy (non-hydrogen) atoms.